The average molecular weight is 387 g/mol. The molecule has 6 heteroatoms. The number of carboxylic acids is 1. The Bertz CT molecular complexity index is 1100. The second-order valence-electron chi connectivity index (χ2n) is 7.25. The van der Waals surface area contributed by atoms with Crippen LogP contribution in [0.3, 0.4) is 0 Å². The van der Waals surface area contributed by atoms with Crippen LogP contribution in [0.4, 0.5) is 5.69 Å². The normalized spacial score (nSPS) is 16.0. The highest BCUT2D eigenvalue weighted by molar-refractivity contribution is 5.95. The minimum atomic E-state index is -0.785. The molecule has 29 heavy (non-hydrogen) atoms. The number of benzene rings is 2. The fraction of sp³-hybridized carbons (Fsp3) is 0.261. The van der Waals surface area contributed by atoms with Gasteiger partial charge in [-0.1, -0.05) is 12.1 Å². The van der Waals surface area contributed by atoms with Crippen LogP contribution in [0, 0.1) is 18.3 Å². The number of pyridine rings is 1. The highest BCUT2D eigenvalue weighted by Crippen LogP contribution is 2.34. The van der Waals surface area contributed by atoms with Crippen LogP contribution >= 0.6 is 0 Å². The summed E-state index contributed by atoms with van der Waals surface area (Å²) >= 11 is 0. The maximum atomic E-state index is 11.6. The van der Waals surface area contributed by atoms with Gasteiger partial charge in [-0.15, -0.1) is 0 Å². The molecule has 1 saturated heterocycles. The Morgan fingerprint density at radius 2 is 2.07 bits per heavy atom. The Balaban J connectivity index is 1.61. The number of hydrogen-bond donors (Lipinski definition) is 1. The summed E-state index contributed by atoms with van der Waals surface area (Å²) < 4.78 is 5.91. The van der Waals surface area contributed by atoms with Gasteiger partial charge in [-0.2, -0.15) is 5.26 Å². The largest absolute Gasteiger partial charge is 0.489 e. The van der Waals surface area contributed by atoms with Gasteiger partial charge in [-0.3, -0.25) is 4.98 Å². The molecule has 1 fully saturated rings. The zero-order valence-corrected chi connectivity index (χ0v) is 16.1. The van der Waals surface area contributed by atoms with Gasteiger partial charge in [0.25, 0.3) is 0 Å². The van der Waals surface area contributed by atoms with Crippen molar-refractivity contribution in [3.63, 3.8) is 0 Å². The van der Waals surface area contributed by atoms with E-state index in [4.69, 9.17) is 10.00 Å². The third-order valence-electron chi connectivity index (χ3n) is 5.22. The van der Waals surface area contributed by atoms with Crippen molar-refractivity contribution < 1.29 is 14.6 Å². The fourth-order valence-electron chi connectivity index (χ4n) is 3.80. The summed E-state index contributed by atoms with van der Waals surface area (Å²) in [4.78, 5) is 18.2. The number of carboxylic acid groups (broad SMARTS) is 1. The lowest BCUT2D eigenvalue weighted by atomic mass is 10.1. The third-order valence-corrected chi connectivity index (χ3v) is 5.22. The first-order valence-corrected chi connectivity index (χ1v) is 9.58. The van der Waals surface area contributed by atoms with E-state index < -0.39 is 12.0 Å². The Morgan fingerprint density at radius 3 is 2.79 bits per heavy atom. The summed E-state index contributed by atoms with van der Waals surface area (Å²) in [7, 11) is 0. The molecule has 0 unspecified atom stereocenters. The molecular weight excluding hydrogens is 366 g/mol. The van der Waals surface area contributed by atoms with Gasteiger partial charge in [0.05, 0.1) is 17.1 Å². The van der Waals surface area contributed by atoms with Gasteiger partial charge in [0.2, 0.25) is 0 Å². The first-order chi connectivity index (χ1) is 14.0. The number of aromatic nitrogens is 1. The molecule has 1 aliphatic heterocycles. The first-order valence-electron chi connectivity index (χ1n) is 9.58. The van der Waals surface area contributed by atoms with Crippen LogP contribution in [0.2, 0.25) is 0 Å². The molecule has 0 saturated carbocycles. The summed E-state index contributed by atoms with van der Waals surface area (Å²) in [6.45, 7) is 3.04. The number of nitrogens with zero attached hydrogens (tertiary/aromatic N) is 3. The van der Waals surface area contributed by atoms with E-state index in [1.165, 1.54) is 0 Å². The van der Waals surface area contributed by atoms with E-state index >= 15 is 0 Å². The number of rotatable bonds is 5. The summed E-state index contributed by atoms with van der Waals surface area (Å²) in [5.41, 5.74) is 4.13. The minimum Gasteiger partial charge on any atom is -0.489 e. The van der Waals surface area contributed by atoms with Crippen molar-refractivity contribution in [1.29, 1.82) is 5.26 Å². The molecule has 6 nitrogen and oxygen atoms in total. The molecule has 0 bridgehead atoms. The SMILES string of the molecule is Cc1cc(N2CCC[C@H]2C(=O)O)c2ccc(OCc3ccc(C#N)cc3)cc2n1. The predicted octanol–water partition coefficient (Wildman–Crippen LogP) is 4.05. The molecule has 3 aromatic rings. The van der Waals surface area contributed by atoms with Gasteiger partial charge < -0.3 is 14.7 Å². The monoisotopic (exact) mass is 387 g/mol. The van der Waals surface area contributed by atoms with Crippen molar-refractivity contribution in [2.45, 2.75) is 32.4 Å². The number of aryl methyl sites for hydroxylation is 1. The van der Waals surface area contributed by atoms with Crippen LogP contribution in [-0.2, 0) is 11.4 Å². The summed E-state index contributed by atoms with van der Waals surface area (Å²) in [5.74, 6) is -0.0883. The van der Waals surface area contributed by atoms with Gasteiger partial charge >= 0.3 is 5.97 Å². The van der Waals surface area contributed by atoms with E-state index in [1.807, 2.05) is 48.2 Å². The zero-order valence-electron chi connectivity index (χ0n) is 16.1. The maximum absolute atomic E-state index is 11.6. The molecular formula is C23H21N3O3. The Morgan fingerprint density at radius 1 is 1.28 bits per heavy atom. The van der Waals surface area contributed by atoms with Crippen molar-refractivity contribution in [2.75, 3.05) is 11.4 Å². The molecule has 2 heterocycles. The standard InChI is InChI=1S/C23H21N3O3/c1-15-11-22(26-10-2-3-21(26)23(27)28)19-9-8-18(12-20(19)25-15)29-14-17-6-4-16(13-24)5-7-17/h4-9,11-12,21H,2-3,10,14H2,1H3,(H,27,28)/t21-/m0/s1. The number of ether oxygens (including phenoxy) is 1. The Hall–Kier alpha value is -3.59. The molecule has 0 radical (unpaired) electrons. The molecule has 2 aromatic carbocycles. The number of nitriles is 1. The quantitative estimate of drug-likeness (QED) is 0.711. The molecule has 4 rings (SSSR count). The van der Waals surface area contributed by atoms with E-state index in [-0.39, 0.29) is 0 Å². The summed E-state index contributed by atoms with van der Waals surface area (Å²) in [6.07, 6.45) is 1.52. The van der Waals surface area contributed by atoms with Crippen LogP contribution in [0.15, 0.2) is 48.5 Å². The van der Waals surface area contributed by atoms with Crippen molar-refractivity contribution >= 4 is 22.6 Å². The lowest BCUT2D eigenvalue weighted by Gasteiger charge is -2.25. The number of anilines is 1. The van der Waals surface area contributed by atoms with Crippen LogP contribution < -0.4 is 9.64 Å². The highest BCUT2D eigenvalue weighted by atomic mass is 16.5. The van der Waals surface area contributed by atoms with E-state index in [0.29, 0.717) is 24.3 Å². The second kappa shape index (κ2) is 7.80. The molecule has 1 aromatic heterocycles. The molecule has 0 aliphatic carbocycles. The van der Waals surface area contributed by atoms with Crippen LogP contribution in [0.25, 0.3) is 10.9 Å². The molecule has 1 aliphatic rings. The van der Waals surface area contributed by atoms with Crippen molar-refractivity contribution in [1.82, 2.24) is 4.98 Å². The number of hydrogen-bond acceptors (Lipinski definition) is 5. The lowest BCUT2D eigenvalue weighted by Crippen LogP contribution is -2.36. The molecule has 0 spiro atoms. The topological polar surface area (TPSA) is 86.5 Å². The number of aliphatic carboxylic acids is 1. The van der Waals surface area contributed by atoms with Gasteiger partial charge in [-0.05, 0) is 55.7 Å². The first kappa shape index (κ1) is 18.8. The zero-order chi connectivity index (χ0) is 20.4. The predicted molar refractivity (Wildman–Crippen MR) is 110 cm³/mol. The third kappa shape index (κ3) is 3.85. The molecule has 1 atom stereocenters. The molecule has 146 valence electrons. The van der Waals surface area contributed by atoms with E-state index in [0.717, 1.165) is 40.8 Å². The second-order valence-corrected chi connectivity index (χ2v) is 7.25. The summed E-state index contributed by atoms with van der Waals surface area (Å²) in [6, 6.07) is 16.6. The van der Waals surface area contributed by atoms with Crippen LogP contribution in [-0.4, -0.2) is 28.6 Å². The van der Waals surface area contributed by atoms with Gasteiger partial charge in [0, 0.05) is 29.4 Å². The summed E-state index contributed by atoms with van der Waals surface area (Å²) in [5, 5.41) is 19.4. The van der Waals surface area contributed by atoms with Gasteiger partial charge in [-0.25, -0.2) is 4.79 Å². The lowest BCUT2D eigenvalue weighted by molar-refractivity contribution is -0.138. The van der Waals surface area contributed by atoms with Crippen molar-refractivity contribution in [3.8, 4) is 11.8 Å². The Kier molecular flexibility index (Phi) is 5.05. The van der Waals surface area contributed by atoms with Gasteiger partial charge in [0.15, 0.2) is 0 Å². The fourth-order valence-corrected chi connectivity index (χ4v) is 3.80. The van der Waals surface area contributed by atoms with E-state index in [9.17, 15) is 9.90 Å². The number of fused-ring (bicyclic) bond motifs is 1. The van der Waals surface area contributed by atoms with Crippen LogP contribution in [0.5, 0.6) is 5.75 Å². The van der Waals surface area contributed by atoms with E-state index in [2.05, 4.69) is 11.1 Å². The average Bonchev–Trinajstić information content (AvgIpc) is 3.22. The van der Waals surface area contributed by atoms with Crippen molar-refractivity contribution in [3.05, 3.63) is 65.4 Å². The molecule has 1 N–H and O–H groups in total. The van der Waals surface area contributed by atoms with Gasteiger partial charge in [0.1, 0.15) is 18.4 Å². The molecule has 0 amide bonds. The smallest absolute Gasteiger partial charge is 0.326 e. The minimum absolute atomic E-state index is 0.392. The maximum Gasteiger partial charge on any atom is 0.326 e. The van der Waals surface area contributed by atoms with Crippen molar-refractivity contribution in [2.24, 2.45) is 0 Å². The number of carbonyl (C=O) groups is 1. The van der Waals surface area contributed by atoms with Crippen LogP contribution in [0.1, 0.15) is 29.7 Å². The Labute approximate surface area is 169 Å². The van der Waals surface area contributed by atoms with E-state index in [1.54, 1.807) is 12.1 Å². The highest BCUT2D eigenvalue weighted by Gasteiger charge is 2.31.